The molecule has 1 atom stereocenters. The number of halogens is 1. The van der Waals surface area contributed by atoms with E-state index < -0.39 is 0 Å². The fourth-order valence-electron chi connectivity index (χ4n) is 2.32. The van der Waals surface area contributed by atoms with Gasteiger partial charge < -0.3 is 5.32 Å². The average Bonchev–Trinajstić information content (AvgIpc) is 2.52. The van der Waals surface area contributed by atoms with Gasteiger partial charge in [0.15, 0.2) is 0 Å². The van der Waals surface area contributed by atoms with Crippen molar-refractivity contribution in [2.75, 3.05) is 0 Å². The van der Waals surface area contributed by atoms with Gasteiger partial charge in [0.05, 0.1) is 6.04 Å². The minimum atomic E-state index is -0.250. The van der Waals surface area contributed by atoms with E-state index >= 15 is 0 Å². The highest BCUT2D eigenvalue weighted by Gasteiger charge is 2.12. The van der Waals surface area contributed by atoms with Crippen LogP contribution >= 0.6 is 0 Å². The maximum Gasteiger partial charge on any atom is 0.220 e. The number of carbonyl (C=O) groups is 1. The van der Waals surface area contributed by atoms with E-state index in [-0.39, 0.29) is 17.8 Å². The minimum absolute atomic E-state index is 0.0133. The predicted octanol–water partition coefficient (Wildman–Crippen LogP) is 4.03. The Bertz CT molecular complexity index is 583. The van der Waals surface area contributed by atoms with Crippen LogP contribution in [0.4, 0.5) is 4.39 Å². The summed E-state index contributed by atoms with van der Waals surface area (Å²) in [6, 6.07) is 16.5. The lowest BCUT2D eigenvalue weighted by molar-refractivity contribution is -0.121. The van der Waals surface area contributed by atoms with Crippen LogP contribution in [-0.4, -0.2) is 5.91 Å². The van der Waals surface area contributed by atoms with E-state index in [1.165, 1.54) is 6.07 Å². The second kappa shape index (κ2) is 7.58. The van der Waals surface area contributed by atoms with Crippen LogP contribution in [0.5, 0.6) is 0 Å². The average molecular weight is 285 g/mol. The van der Waals surface area contributed by atoms with Crippen molar-refractivity contribution in [2.45, 2.75) is 32.2 Å². The van der Waals surface area contributed by atoms with Gasteiger partial charge in [-0.3, -0.25) is 4.79 Å². The summed E-state index contributed by atoms with van der Waals surface area (Å²) in [6.45, 7) is 2.04. The predicted molar refractivity (Wildman–Crippen MR) is 82.3 cm³/mol. The molecule has 0 unspecified atom stereocenters. The molecule has 1 amide bonds. The number of hydrogen-bond donors (Lipinski definition) is 1. The van der Waals surface area contributed by atoms with Crippen molar-refractivity contribution >= 4 is 5.91 Å². The fourth-order valence-corrected chi connectivity index (χ4v) is 2.32. The van der Waals surface area contributed by atoms with Gasteiger partial charge in [0, 0.05) is 6.42 Å². The summed E-state index contributed by atoms with van der Waals surface area (Å²) in [5, 5.41) is 3.01. The smallest absolute Gasteiger partial charge is 0.220 e. The van der Waals surface area contributed by atoms with E-state index in [0.29, 0.717) is 18.4 Å². The molecular weight excluding hydrogens is 265 g/mol. The lowest BCUT2D eigenvalue weighted by Gasteiger charge is -2.17. The van der Waals surface area contributed by atoms with E-state index in [2.05, 4.69) is 5.32 Å². The second-order valence-electron chi connectivity index (χ2n) is 5.03. The normalized spacial score (nSPS) is 11.9. The van der Waals surface area contributed by atoms with Crippen LogP contribution < -0.4 is 5.32 Å². The summed E-state index contributed by atoms with van der Waals surface area (Å²) in [7, 11) is 0. The van der Waals surface area contributed by atoms with Crippen LogP contribution in [0.15, 0.2) is 54.6 Å². The monoisotopic (exact) mass is 285 g/mol. The SMILES string of the molecule is CC[C@@H](NC(=O)CCc1ccccc1F)c1ccccc1. The standard InChI is InChI=1S/C18H20FNO/c1-2-17(15-9-4-3-5-10-15)20-18(21)13-12-14-8-6-7-11-16(14)19/h3-11,17H,2,12-13H2,1H3,(H,20,21)/t17-/m1/s1. The van der Waals surface area contributed by atoms with Crippen LogP contribution in [0.1, 0.15) is 36.9 Å². The first kappa shape index (κ1) is 15.2. The first-order chi connectivity index (χ1) is 10.2. The summed E-state index contributed by atoms with van der Waals surface area (Å²) < 4.78 is 13.5. The molecule has 0 bridgehead atoms. The van der Waals surface area contributed by atoms with Crippen LogP contribution in [0.2, 0.25) is 0 Å². The molecule has 2 rings (SSSR count). The highest BCUT2D eigenvalue weighted by atomic mass is 19.1. The third-order valence-electron chi connectivity index (χ3n) is 3.52. The Morgan fingerprint density at radius 2 is 1.76 bits per heavy atom. The summed E-state index contributed by atoms with van der Waals surface area (Å²) in [5.74, 6) is -0.297. The van der Waals surface area contributed by atoms with Gasteiger partial charge >= 0.3 is 0 Å². The molecule has 0 saturated heterocycles. The zero-order chi connectivity index (χ0) is 15.1. The van der Waals surface area contributed by atoms with Crippen molar-refractivity contribution in [1.82, 2.24) is 5.32 Å². The molecule has 0 spiro atoms. The van der Waals surface area contributed by atoms with Gasteiger partial charge in [0.25, 0.3) is 0 Å². The minimum Gasteiger partial charge on any atom is -0.349 e. The molecule has 0 aliphatic heterocycles. The third kappa shape index (κ3) is 4.42. The number of benzene rings is 2. The van der Waals surface area contributed by atoms with Crippen molar-refractivity contribution in [2.24, 2.45) is 0 Å². The Balaban J connectivity index is 1.90. The summed E-state index contributed by atoms with van der Waals surface area (Å²) >= 11 is 0. The molecule has 0 saturated carbocycles. The third-order valence-corrected chi connectivity index (χ3v) is 3.52. The summed E-state index contributed by atoms with van der Waals surface area (Å²) in [5.41, 5.74) is 1.68. The maximum absolute atomic E-state index is 13.5. The number of amides is 1. The number of hydrogen-bond acceptors (Lipinski definition) is 1. The molecule has 0 aromatic heterocycles. The molecule has 1 N–H and O–H groups in total. The highest BCUT2D eigenvalue weighted by Crippen LogP contribution is 2.16. The van der Waals surface area contributed by atoms with Crippen molar-refractivity contribution in [3.8, 4) is 0 Å². The van der Waals surface area contributed by atoms with E-state index in [4.69, 9.17) is 0 Å². The second-order valence-corrected chi connectivity index (χ2v) is 5.03. The van der Waals surface area contributed by atoms with Gasteiger partial charge in [-0.1, -0.05) is 55.5 Å². The van der Waals surface area contributed by atoms with E-state index in [0.717, 1.165) is 12.0 Å². The fraction of sp³-hybridized carbons (Fsp3) is 0.278. The van der Waals surface area contributed by atoms with Crippen LogP contribution in [0, 0.1) is 5.82 Å². The summed E-state index contributed by atoms with van der Waals surface area (Å²) in [4.78, 5) is 12.0. The van der Waals surface area contributed by atoms with Crippen molar-refractivity contribution in [3.05, 3.63) is 71.5 Å². The Morgan fingerprint density at radius 3 is 2.43 bits per heavy atom. The molecule has 0 aliphatic carbocycles. The van der Waals surface area contributed by atoms with Gasteiger partial charge in [-0.05, 0) is 30.0 Å². The molecule has 2 aromatic carbocycles. The molecule has 3 heteroatoms. The lowest BCUT2D eigenvalue weighted by atomic mass is 10.0. The Hall–Kier alpha value is -2.16. The van der Waals surface area contributed by atoms with E-state index in [1.54, 1.807) is 18.2 Å². The van der Waals surface area contributed by atoms with E-state index in [9.17, 15) is 9.18 Å². The van der Waals surface area contributed by atoms with Gasteiger partial charge in [0.1, 0.15) is 5.82 Å². The molecular formula is C18H20FNO. The number of rotatable bonds is 6. The molecule has 0 heterocycles. The number of carbonyl (C=O) groups excluding carboxylic acids is 1. The van der Waals surface area contributed by atoms with Crippen molar-refractivity contribution in [1.29, 1.82) is 0 Å². The molecule has 0 aliphatic rings. The molecule has 2 nitrogen and oxygen atoms in total. The number of aryl methyl sites for hydroxylation is 1. The van der Waals surface area contributed by atoms with Crippen molar-refractivity contribution in [3.63, 3.8) is 0 Å². The van der Waals surface area contributed by atoms with E-state index in [1.807, 2.05) is 37.3 Å². The molecule has 0 fully saturated rings. The van der Waals surface area contributed by atoms with Gasteiger partial charge in [-0.15, -0.1) is 0 Å². The van der Waals surface area contributed by atoms with Crippen LogP contribution in [-0.2, 0) is 11.2 Å². The largest absolute Gasteiger partial charge is 0.349 e. The number of nitrogens with one attached hydrogen (secondary N) is 1. The molecule has 2 aromatic rings. The molecule has 110 valence electrons. The highest BCUT2D eigenvalue weighted by molar-refractivity contribution is 5.76. The van der Waals surface area contributed by atoms with Gasteiger partial charge in [-0.2, -0.15) is 0 Å². The topological polar surface area (TPSA) is 29.1 Å². The Kier molecular flexibility index (Phi) is 5.50. The lowest BCUT2D eigenvalue weighted by Crippen LogP contribution is -2.28. The first-order valence-electron chi connectivity index (χ1n) is 7.28. The molecule has 21 heavy (non-hydrogen) atoms. The van der Waals surface area contributed by atoms with Crippen LogP contribution in [0.25, 0.3) is 0 Å². The van der Waals surface area contributed by atoms with Crippen molar-refractivity contribution < 1.29 is 9.18 Å². The maximum atomic E-state index is 13.5. The van der Waals surface area contributed by atoms with Gasteiger partial charge in [-0.25, -0.2) is 4.39 Å². The Morgan fingerprint density at radius 1 is 1.10 bits per heavy atom. The first-order valence-corrected chi connectivity index (χ1v) is 7.28. The zero-order valence-corrected chi connectivity index (χ0v) is 12.2. The Labute approximate surface area is 125 Å². The quantitative estimate of drug-likeness (QED) is 0.853. The summed E-state index contributed by atoms with van der Waals surface area (Å²) in [6.07, 6.45) is 1.55. The van der Waals surface area contributed by atoms with Gasteiger partial charge in [0.2, 0.25) is 5.91 Å². The van der Waals surface area contributed by atoms with Crippen LogP contribution in [0.3, 0.4) is 0 Å². The molecule has 0 radical (unpaired) electrons. The zero-order valence-electron chi connectivity index (χ0n) is 12.2.